The van der Waals surface area contributed by atoms with Gasteiger partial charge in [-0.25, -0.2) is 4.98 Å². The van der Waals surface area contributed by atoms with E-state index < -0.39 is 0 Å². The second-order valence-electron chi connectivity index (χ2n) is 7.21. The van der Waals surface area contributed by atoms with Crippen LogP contribution >= 0.6 is 11.6 Å². The van der Waals surface area contributed by atoms with Gasteiger partial charge in [0.2, 0.25) is 11.9 Å². The van der Waals surface area contributed by atoms with E-state index in [1.54, 1.807) is 16.8 Å². The quantitative estimate of drug-likeness (QED) is 0.525. The number of aryl methyl sites for hydroxylation is 1. The molecule has 158 valence electrons. The van der Waals surface area contributed by atoms with Crippen LogP contribution in [0, 0.1) is 5.92 Å². The van der Waals surface area contributed by atoms with Crippen LogP contribution in [0.3, 0.4) is 0 Å². The molecule has 4 rings (SSSR count). The minimum Gasteiger partial charge on any atom is -0.494 e. The minimum atomic E-state index is -0.171. The third-order valence-corrected chi connectivity index (χ3v) is 5.34. The van der Waals surface area contributed by atoms with E-state index in [4.69, 9.17) is 22.1 Å². The molecule has 2 aromatic heterocycles. The van der Waals surface area contributed by atoms with Crippen LogP contribution in [0.1, 0.15) is 12.8 Å². The minimum absolute atomic E-state index is 0.0558. The summed E-state index contributed by atoms with van der Waals surface area (Å²) in [4.78, 5) is 23.4. The van der Waals surface area contributed by atoms with E-state index >= 15 is 0 Å². The molecule has 1 amide bonds. The molecule has 1 fully saturated rings. The average Bonchev–Trinajstić information content (AvgIpc) is 3.18. The lowest BCUT2D eigenvalue weighted by molar-refractivity contribution is -0.124. The summed E-state index contributed by atoms with van der Waals surface area (Å²) in [7, 11) is 3.40. The summed E-state index contributed by atoms with van der Waals surface area (Å²) in [5.74, 6) is 0.588. The first-order valence-corrected chi connectivity index (χ1v) is 9.92. The van der Waals surface area contributed by atoms with Crippen molar-refractivity contribution in [2.45, 2.75) is 12.8 Å². The number of amides is 1. The van der Waals surface area contributed by atoms with Crippen molar-refractivity contribution < 1.29 is 9.53 Å². The molecule has 11 heteroatoms. The molecule has 0 radical (unpaired) electrons. The highest BCUT2D eigenvalue weighted by Gasteiger charge is 2.27. The number of carbonyl (C=O) groups is 1. The third-order valence-electron chi connectivity index (χ3n) is 5.12. The van der Waals surface area contributed by atoms with Crippen LogP contribution in [-0.2, 0) is 11.8 Å². The molecule has 1 unspecified atom stereocenters. The van der Waals surface area contributed by atoms with Crippen molar-refractivity contribution in [2.24, 2.45) is 13.0 Å². The van der Waals surface area contributed by atoms with Crippen molar-refractivity contribution in [1.29, 1.82) is 0 Å². The first-order chi connectivity index (χ1) is 14.4. The van der Waals surface area contributed by atoms with E-state index in [9.17, 15) is 4.79 Å². The van der Waals surface area contributed by atoms with Gasteiger partial charge < -0.3 is 15.4 Å². The van der Waals surface area contributed by atoms with Crippen molar-refractivity contribution in [2.75, 3.05) is 36.3 Å². The van der Waals surface area contributed by atoms with Gasteiger partial charge in [-0.3, -0.25) is 20.3 Å². The number of rotatable bonds is 5. The molecule has 0 bridgehead atoms. The van der Waals surface area contributed by atoms with Gasteiger partial charge in [-0.1, -0.05) is 11.6 Å². The molecular formula is C19H23ClN8O2. The monoisotopic (exact) mass is 430 g/mol. The summed E-state index contributed by atoms with van der Waals surface area (Å²) >= 11 is 6.18. The Morgan fingerprint density at radius 3 is 2.93 bits per heavy atom. The number of aromatic nitrogens is 4. The number of hydrogen-bond acceptors (Lipinski definition) is 8. The summed E-state index contributed by atoms with van der Waals surface area (Å²) in [6.45, 7) is 1.51. The van der Waals surface area contributed by atoms with Gasteiger partial charge >= 0.3 is 0 Å². The highest BCUT2D eigenvalue weighted by atomic mass is 35.5. The number of methoxy groups -OCH3 is 1. The van der Waals surface area contributed by atoms with Gasteiger partial charge in [-0.15, -0.1) is 0 Å². The SMILES string of the molecule is COc1cc(Cl)cc2c(NNC(=O)C3CCCN(c4cnn(C)c4)C3)nc(N)nc12. The van der Waals surface area contributed by atoms with E-state index in [-0.39, 0.29) is 17.8 Å². The number of anilines is 3. The zero-order chi connectivity index (χ0) is 21.3. The number of nitrogen functional groups attached to an aromatic ring is 1. The zero-order valence-electron chi connectivity index (χ0n) is 16.7. The second kappa shape index (κ2) is 8.23. The Kier molecular flexibility index (Phi) is 5.49. The molecule has 1 aromatic carbocycles. The standard InChI is InChI=1S/C19H23ClN8O2/c1-27-10-13(8-22-27)28-5-3-4-11(9-28)18(29)26-25-17-14-6-12(20)7-15(30-2)16(14)23-19(21)24-17/h6-8,10-11H,3-5,9H2,1-2H3,(H,26,29)(H3,21,23,24,25). The molecule has 1 aliphatic heterocycles. The van der Waals surface area contributed by atoms with Crippen molar-refractivity contribution in [3.05, 3.63) is 29.5 Å². The van der Waals surface area contributed by atoms with Crippen molar-refractivity contribution in [1.82, 2.24) is 25.2 Å². The Morgan fingerprint density at radius 2 is 2.20 bits per heavy atom. The Bertz CT molecular complexity index is 1090. The number of benzene rings is 1. The number of hydrazine groups is 1. The Morgan fingerprint density at radius 1 is 1.37 bits per heavy atom. The predicted molar refractivity (Wildman–Crippen MR) is 115 cm³/mol. The van der Waals surface area contributed by atoms with Gasteiger partial charge in [-0.2, -0.15) is 10.1 Å². The number of nitrogens with zero attached hydrogens (tertiary/aromatic N) is 5. The lowest BCUT2D eigenvalue weighted by Crippen LogP contribution is -2.44. The second-order valence-corrected chi connectivity index (χ2v) is 7.64. The maximum Gasteiger partial charge on any atom is 0.243 e. The van der Waals surface area contributed by atoms with Crippen LogP contribution in [0.25, 0.3) is 10.9 Å². The highest BCUT2D eigenvalue weighted by molar-refractivity contribution is 6.31. The largest absolute Gasteiger partial charge is 0.494 e. The molecule has 0 spiro atoms. The molecule has 1 atom stereocenters. The molecule has 0 aliphatic carbocycles. The lowest BCUT2D eigenvalue weighted by atomic mass is 9.97. The first kappa shape index (κ1) is 20.0. The van der Waals surface area contributed by atoms with Crippen molar-refractivity contribution >= 4 is 45.9 Å². The molecule has 3 aromatic rings. The van der Waals surface area contributed by atoms with E-state index in [2.05, 4.69) is 30.8 Å². The van der Waals surface area contributed by atoms with Crippen LogP contribution in [0.2, 0.25) is 5.02 Å². The fourth-order valence-corrected chi connectivity index (χ4v) is 3.86. The summed E-state index contributed by atoms with van der Waals surface area (Å²) in [5.41, 5.74) is 13.0. The molecule has 30 heavy (non-hydrogen) atoms. The third kappa shape index (κ3) is 4.04. The molecule has 1 saturated heterocycles. The average molecular weight is 431 g/mol. The van der Waals surface area contributed by atoms with E-state index in [1.165, 1.54) is 7.11 Å². The number of nitrogens with one attached hydrogen (secondary N) is 2. The van der Waals surface area contributed by atoms with E-state index in [0.29, 0.717) is 34.0 Å². The number of halogens is 1. The number of hydrogen-bond donors (Lipinski definition) is 3. The van der Waals surface area contributed by atoms with Gasteiger partial charge in [0.1, 0.15) is 11.3 Å². The summed E-state index contributed by atoms with van der Waals surface area (Å²) < 4.78 is 7.09. The first-order valence-electron chi connectivity index (χ1n) is 9.55. The molecule has 10 nitrogen and oxygen atoms in total. The topological polar surface area (TPSA) is 123 Å². The van der Waals surface area contributed by atoms with Crippen LogP contribution in [0.4, 0.5) is 17.5 Å². The van der Waals surface area contributed by atoms with Crippen molar-refractivity contribution in [3.63, 3.8) is 0 Å². The fraction of sp³-hybridized carbons (Fsp3) is 0.368. The summed E-state index contributed by atoms with van der Waals surface area (Å²) in [6.07, 6.45) is 5.48. The Hall–Kier alpha value is -3.27. The van der Waals surface area contributed by atoms with Crippen LogP contribution in [0.5, 0.6) is 5.75 Å². The fourth-order valence-electron chi connectivity index (χ4n) is 3.66. The molecular weight excluding hydrogens is 408 g/mol. The number of ether oxygens (including phenoxy) is 1. The van der Waals surface area contributed by atoms with Crippen LogP contribution < -0.4 is 26.2 Å². The van der Waals surface area contributed by atoms with Gasteiger partial charge in [0.25, 0.3) is 0 Å². The highest BCUT2D eigenvalue weighted by Crippen LogP contribution is 2.32. The Labute approximate surface area is 178 Å². The maximum atomic E-state index is 12.8. The Balaban J connectivity index is 1.50. The van der Waals surface area contributed by atoms with E-state index in [0.717, 1.165) is 25.1 Å². The molecule has 3 heterocycles. The van der Waals surface area contributed by atoms with Gasteiger partial charge in [0.15, 0.2) is 5.82 Å². The molecule has 4 N–H and O–H groups in total. The normalized spacial score (nSPS) is 16.5. The maximum absolute atomic E-state index is 12.8. The lowest BCUT2D eigenvalue weighted by Gasteiger charge is -2.32. The van der Waals surface area contributed by atoms with Crippen LogP contribution in [0.15, 0.2) is 24.5 Å². The smallest absolute Gasteiger partial charge is 0.243 e. The van der Waals surface area contributed by atoms with Crippen LogP contribution in [-0.4, -0.2) is 45.9 Å². The predicted octanol–water partition coefficient (Wildman–Crippen LogP) is 1.97. The van der Waals surface area contributed by atoms with Gasteiger partial charge in [0.05, 0.1) is 24.9 Å². The number of nitrogens with two attached hydrogens (primary N) is 1. The van der Waals surface area contributed by atoms with E-state index in [1.807, 2.05) is 19.4 Å². The summed E-state index contributed by atoms with van der Waals surface area (Å²) in [5, 5.41) is 5.26. The van der Waals surface area contributed by atoms with Crippen molar-refractivity contribution in [3.8, 4) is 5.75 Å². The molecule has 0 saturated carbocycles. The number of fused-ring (bicyclic) bond motifs is 1. The molecule has 1 aliphatic rings. The number of carbonyl (C=O) groups excluding carboxylic acids is 1. The van der Waals surface area contributed by atoms with Gasteiger partial charge in [0, 0.05) is 42.8 Å². The zero-order valence-corrected chi connectivity index (χ0v) is 17.5. The summed E-state index contributed by atoms with van der Waals surface area (Å²) in [6, 6.07) is 3.34. The van der Waals surface area contributed by atoms with Gasteiger partial charge in [-0.05, 0) is 18.9 Å². The number of piperidine rings is 1.